The number of aromatic carboxylic acids is 2. The van der Waals surface area contributed by atoms with Crippen LogP contribution in [-0.2, 0) is 19.2 Å². The molecule has 2 aliphatic heterocycles. The van der Waals surface area contributed by atoms with Crippen LogP contribution in [0.25, 0.3) is 0 Å². The van der Waals surface area contributed by atoms with Crippen molar-refractivity contribution in [3.05, 3.63) is 81.3 Å². The van der Waals surface area contributed by atoms with E-state index in [-0.39, 0.29) is 41.3 Å². The average Bonchev–Trinajstić information content (AvgIpc) is 3.47. The Morgan fingerprint density at radius 3 is 1.80 bits per heavy atom. The molecule has 0 bridgehead atoms. The highest BCUT2D eigenvalue weighted by Crippen LogP contribution is 2.60. The van der Waals surface area contributed by atoms with Crippen molar-refractivity contribution in [1.82, 2.24) is 0 Å². The number of amides is 4. The van der Waals surface area contributed by atoms with Crippen LogP contribution in [0.4, 0.5) is 11.4 Å². The molecule has 6 atom stereocenters. The van der Waals surface area contributed by atoms with Crippen molar-refractivity contribution in [1.29, 1.82) is 0 Å². The molecular weight excluding hydrogens is 720 g/mol. The Morgan fingerprint density at radius 2 is 1.28 bits per heavy atom. The summed E-state index contributed by atoms with van der Waals surface area (Å²) < 4.78 is 5.87. The number of allylic oxidation sites excluding steroid dienone is 2. The van der Waals surface area contributed by atoms with Gasteiger partial charge in [0.15, 0.2) is 11.5 Å². The standard InChI is InChI=1S/C35H27BrN2O12/c1-50-25-9-13(36)8-21(29(25)41)26-16-6-7-19-27(32(44)37(30(19)42)14-2-4-17(34(46)47)23(39)10-14)20(16)12-22-28(26)33(45)38(31(22)43)15-3-5-18(35(48)49)24(40)11-15/h2-6,8-11,19-20,22,26-28,39-41H,7,12H2,1H3,(H,46,47)(H,48,49). The smallest absolute Gasteiger partial charge is 0.339 e. The third kappa shape index (κ3) is 4.75. The zero-order valence-corrected chi connectivity index (χ0v) is 27.5. The van der Waals surface area contributed by atoms with Gasteiger partial charge in [0, 0.05) is 28.1 Å². The number of imide groups is 2. The SMILES string of the molecule is COc1cc(Br)cc(C2C3=CCC4C(=O)N(c5ccc(C(=O)O)c(O)c5)C(=O)C4C3CC3C(=O)N(c4ccc(C(=O)O)c(O)c4)C(=O)C32)c1O. The first-order valence-electron chi connectivity index (χ1n) is 15.4. The number of hydrogen-bond acceptors (Lipinski definition) is 10. The molecule has 2 saturated heterocycles. The van der Waals surface area contributed by atoms with Crippen LogP contribution in [-0.4, -0.2) is 68.2 Å². The number of halogens is 1. The number of fused-ring (bicyclic) bond motifs is 4. The number of nitrogens with zero attached hydrogens (tertiary/aromatic N) is 2. The van der Waals surface area contributed by atoms with Gasteiger partial charge in [-0.25, -0.2) is 19.4 Å². The van der Waals surface area contributed by atoms with Gasteiger partial charge in [-0.2, -0.15) is 0 Å². The molecule has 5 N–H and O–H groups in total. The van der Waals surface area contributed by atoms with Gasteiger partial charge in [0.25, 0.3) is 0 Å². The lowest BCUT2D eigenvalue weighted by Crippen LogP contribution is -2.43. The van der Waals surface area contributed by atoms with Crippen LogP contribution in [0, 0.1) is 29.6 Å². The fourth-order valence-corrected chi connectivity index (χ4v) is 8.57. The molecule has 4 aliphatic rings. The lowest BCUT2D eigenvalue weighted by Gasteiger charge is -2.44. The number of carboxylic acid groups (broad SMARTS) is 2. The Bertz CT molecular complexity index is 2110. The quantitative estimate of drug-likeness (QED) is 0.178. The van der Waals surface area contributed by atoms with E-state index >= 15 is 0 Å². The van der Waals surface area contributed by atoms with Crippen molar-refractivity contribution in [2.24, 2.45) is 29.6 Å². The number of hydrogen-bond donors (Lipinski definition) is 5. The van der Waals surface area contributed by atoms with Gasteiger partial charge < -0.3 is 30.3 Å². The molecule has 3 fully saturated rings. The summed E-state index contributed by atoms with van der Waals surface area (Å²) in [7, 11) is 1.35. The number of phenols is 3. The lowest BCUT2D eigenvalue weighted by molar-refractivity contribution is -0.126. The van der Waals surface area contributed by atoms with E-state index in [1.54, 1.807) is 12.1 Å². The Labute approximate surface area is 290 Å². The van der Waals surface area contributed by atoms with Gasteiger partial charge in [-0.3, -0.25) is 19.2 Å². The molecule has 0 radical (unpaired) electrons. The minimum absolute atomic E-state index is 0.0269. The number of anilines is 2. The minimum Gasteiger partial charge on any atom is -0.507 e. The molecule has 14 nitrogen and oxygen atoms in total. The zero-order chi connectivity index (χ0) is 35.9. The summed E-state index contributed by atoms with van der Waals surface area (Å²) in [6.45, 7) is 0. The van der Waals surface area contributed by atoms with Gasteiger partial charge in [0.2, 0.25) is 23.6 Å². The minimum atomic E-state index is -1.41. The van der Waals surface area contributed by atoms with Crippen LogP contribution in [0.15, 0.2) is 64.7 Å². The highest BCUT2D eigenvalue weighted by atomic mass is 79.9. The monoisotopic (exact) mass is 746 g/mol. The normalized spacial score (nSPS) is 25.6. The molecule has 256 valence electrons. The number of ether oxygens (including phenoxy) is 1. The van der Waals surface area contributed by atoms with Crippen LogP contribution in [0.2, 0.25) is 0 Å². The molecule has 2 heterocycles. The Kier molecular flexibility index (Phi) is 7.70. The van der Waals surface area contributed by atoms with E-state index in [0.717, 1.165) is 34.1 Å². The fraction of sp³-hybridized carbons (Fsp3) is 0.257. The molecule has 2 aliphatic carbocycles. The van der Waals surface area contributed by atoms with Gasteiger partial charge in [-0.05, 0) is 55.2 Å². The van der Waals surface area contributed by atoms with Gasteiger partial charge in [-0.15, -0.1) is 0 Å². The van der Waals surface area contributed by atoms with E-state index in [2.05, 4.69) is 15.9 Å². The van der Waals surface area contributed by atoms with Crippen LogP contribution in [0.1, 0.15) is 45.0 Å². The third-order valence-corrected chi connectivity index (χ3v) is 10.7. The number of aromatic hydroxyl groups is 3. The number of carboxylic acids is 2. The van der Waals surface area contributed by atoms with Gasteiger partial charge in [0.1, 0.15) is 22.6 Å². The maximum Gasteiger partial charge on any atom is 0.339 e. The van der Waals surface area contributed by atoms with E-state index in [0.29, 0.717) is 10.0 Å². The summed E-state index contributed by atoms with van der Waals surface area (Å²) in [6.07, 6.45) is 1.80. The molecule has 0 spiro atoms. The second-order valence-electron chi connectivity index (χ2n) is 12.6. The Hall–Kier alpha value is -5.70. The summed E-state index contributed by atoms with van der Waals surface area (Å²) in [4.78, 5) is 81.3. The van der Waals surface area contributed by atoms with Crippen LogP contribution < -0.4 is 14.5 Å². The molecule has 4 amide bonds. The number of carbonyl (C=O) groups is 6. The number of benzene rings is 3. The van der Waals surface area contributed by atoms with E-state index < -0.39 is 93.7 Å². The third-order valence-electron chi connectivity index (χ3n) is 10.2. The molecule has 0 aromatic heterocycles. The van der Waals surface area contributed by atoms with Gasteiger partial charge in [-0.1, -0.05) is 27.6 Å². The van der Waals surface area contributed by atoms with Crippen LogP contribution in [0.5, 0.6) is 23.0 Å². The summed E-state index contributed by atoms with van der Waals surface area (Å²) in [5.74, 6) is -12.6. The second-order valence-corrected chi connectivity index (χ2v) is 13.5. The highest BCUT2D eigenvalue weighted by Gasteiger charge is 2.62. The largest absolute Gasteiger partial charge is 0.507 e. The number of rotatable bonds is 6. The van der Waals surface area contributed by atoms with Crippen molar-refractivity contribution < 1.29 is 59.0 Å². The van der Waals surface area contributed by atoms with Gasteiger partial charge in [0.05, 0.1) is 42.2 Å². The van der Waals surface area contributed by atoms with Crippen molar-refractivity contribution in [2.75, 3.05) is 16.9 Å². The molecule has 7 rings (SSSR count). The summed E-state index contributed by atoms with van der Waals surface area (Å²) in [6, 6.07) is 9.78. The highest BCUT2D eigenvalue weighted by molar-refractivity contribution is 9.10. The van der Waals surface area contributed by atoms with Crippen molar-refractivity contribution >= 4 is 62.9 Å². The molecule has 1 saturated carbocycles. The fourth-order valence-electron chi connectivity index (χ4n) is 8.11. The maximum atomic E-state index is 14.3. The molecule has 15 heteroatoms. The first-order valence-corrected chi connectivity index (χ1v) is 16.2. The number of methoxy groups -OCH3 is 1. The predicted octanol–water partition coefficient (Wildman–Crippen LogP) is 4.02. The zero-order valence-electron chi connectivity index (χ0n) is 25.9. The first-order chi connectivity index (χ1) is 23.7. The van der Waals surface area contributed by atoms with E-state index in [9.17, 15) is 54.3 Å². The summed E-state index contributed by atoms with van der Waals surface area (Å²) in [5, 5.41) is 50.9. The lowest BCUT2D eigenvalue weighted by atomic mass is 9.57. The van der Waals surface area contributed by atoms with E-state index in [1.165, 1.54) is 25.3 Å². The average molecular weight is 748 g/mol. The first kappa shape index (κ1) is 32.8. The van der Waals surface area contributed by atoms with E-state index in [4.69, 9.17) is 4.74 Å². The molecule has 3 aromatic carbocycles. The Morgan fingerprint density at radius 1 is 0.740 bits per heavy atom. The van der Waals surface area contributed by atoms with Crippen LogP contribution >= 0.6 is 15.9 Å². The predicted molar refractivity (Wildman–Crippen MR) is 175 cm³/mol. The van der Waals surface area contributed by atoms with Gasteiger partial charge >= 0.3 is 11.9 Å². The van der Waals surface area contributed by atoms with Crippen molar-refractivity contribution in [3.8, 4) is 23.0 Å². The summed E-state index contributed by atoms with van der Waals surface area (Å²) >= 11 is 3.42. The summed E-state index contributed by atoms with van der Waals surface area (Å²) in [5.41, 5.74) is -0.154. The molecule has 3 aromatic rings. The van der Waals surface area contributed by atoms with Crippen LogP contribution in [0.3, 0.4) is 0 Å². The number of phenolic OH excluding ortho intramolecular Hbond substituents is 1. The van der Waals surface area contributed by atoms with Crippen molar-refractivity contribution in [2.45, 2.75) is 18.8 Å². The maximum absolute atomic E-state index is 14.3. The van der Waals surface area contributed by atoms with E-state index in [1.807, 2.05) is 0 Å². The molecule has 50 heavy (non-hydrogen) atoms. The molecular formula is C35H27BrN2O12. The number of carbonyl (C=O) groups excluding carboxylic acids is 4. The van der Waals surface area contributed by atoms with Crippen molar-refractivity contribution in [3.63, 3.8) is 0 Å². The molecule has 6 unspecified atom stereocenters. The Balaban J connectivity index is 1.35. The second kappa shape index (κ2) is 11.7. The topological polar surface area (TPSA) is 219 Å².